The minimum absolute atomic E-state index is 0.0311. The Balaban J connectivity index is 2.01. The molecule has 2 heterocycles. The molecule has 4 nitrogen and oxygen atoms in total. The van der Waals surface area contributed by atoms with E-state index in [0.29, 0.717) is 17.0 Å². The van der Waals surface area contributed by atoms with Gasteiger partial charge in [-0.3, -0.25) is 4.79 Å². The number of ether oxygens (including phenoxy) is 1. The summed E-state index contributed by atoms with van der Waals surface area (Å²) in [7, 11) is 1.79. The van der Waals surface area contributed by atoms with Crippen LogP contribution < -0.4 is 0 Å². The molecule has 0 radical (unpaired) electrons. The summed E-state index contributed by atoms with van der Waals surface area (Å²) in [5.74, 6) is 5.37. The Morgan fingerprint density at radius 2 is 2.45 bits per heavy atom. The molecule has 1 fully saturated rings. The molecule has 1 N–H and O–H groups in total. The van der Waals surface area contributed by atoms with Gasteiger partial charge < -0.3 is 14.7 Å². The molecular formula is C15H19NO3S. The summed E-state index contributed by atoms with van der Waals surface area (Å²) in [6.07, 6.45) is 3.43. The van der Waals surface area contributed by atoms with Crippen molar-refractivity contribution in [3.05, 3.63) is 21.9 Å². The Labute approximate surface area is 123 Å². The number of carbonyl (C=O) groups is 1. The molecule has 1 amide bonds. The van der Waals surface area contributed by atoms with Crippen molar-refractivity contribution >= 4 is 17.2 Å². The molecule has 1 aliphatic heterocycles. The van der Waals surface area contributed by atoms with Crippen molar-refractivity contribution in [1.29, 1.82) is 0 Å². The van der Waals surface area contributed by atoms with E-state index >= 15 is 0 Å². The summed E-state index contributed by atoms with van der Waals surface area (Å²) in [4.78, 5) is 14.7. The van der Waals surface area contributed by atoms with Crippen LogP contribution in [0.5, 0.6) is 0 Å². The van der Waals surface area contributed by atoms with Gasteiger partial charge in [-0.25, -0.2) is 0 Å². The summed E-state index contributed by atoms with van der Waals surface area (Å²) < 4.78 is 5.66. The largest absolute Gasteiger partial charge is 0.384 e. The topological polar surface area (TPSA) is 49.8 Å². The van der Waals surface area contributed by atoms with Crippen molar-refractivity contribution < 1.29 is 14.6 Å². The highest BCUT2D eigenvalue weighted by atomic mass is 32.1. The summed E-state index contributed by atoms with van der Waals surface area (Å²) in [5, 5.41) is 10.6. The maximum absolute atomic E-state index is 12.4. The zero-order valence-electron chi connectivity index (χ0n) is 11.6. The van der Waals surface area contributed by atoms with Gasteiger partial charge in [0.1, 0.15) is 11.5 Å². The van der Waals surface area contributed by atoms with Crippen molar-refractivity contribution in [2.45, 2.75) is 25.4 Å². The Morgan fingerprint density at radius 3 is 3.15 bits per heavy atom. The highest BCUT2D eigenvalue weighted by Crippen LogP contribution is 2.19. The standard InChI is InChI=1S/C15H19NO3S/c1-16(11-13-6-2-3-9-19-13)15(18)14-12(5-4-8-17)7-10-20-14/h7,10,13,17H,2-3,6,8-9,11H2,1H3. The number of carbonyl (C=O) groups excluding carboxylic acids is 1. The molecule has 1 aliphatic rings. The van der Waals surface area contributed by atoms with Gasteiger partial charge in [0.25, 0.3) is 5.91 Å². The average Bonchev–Trinajstić information content (AvgIpc) is 2.93. The zero-order valence-corrected chi connectivity index (χ0v) is 12.4. The van der Waals surface area contributed by atoms with E-state index in [1.165, 1.54) is 17.8 Å². The second-order valence-corrected chi connectivity index (χ2v) is 5.71. The molecule has 5 heteroatoms. The third kappa shape index (κ3) is 3.83. The van der Waals surface area contributed by atoms with Crippen LogP contribution in [0.3, 0.4) is 0 Å². The number of hydrogen-bond acceptors (Lipinski definition) is 4. The van der Waals surface area contributed by atoms with Crippen LogP contribution in [0, 0.1) is 11.8 Å². The second kappa shape index (κ2) is 7.44. The van der Waals surface area contributed by atoms with E-state index in [0.717, 1.165) is 19.4 Å². The lowest BCUT2D eigenvalue weighted by Crippen LogP contribution is -2.37. The Hall–Kier alpha value is -1.35. The Morgan fingerprint density at radius 1 is 1.60 bits per heavy atom. The maximum Gasteiger partial charge on any atom is 0.265 e. The summed E-state index contributed by atoms with van der Waals surface area (Å²) in [6, 6.07) is 1.81. The summed E-state index contributed by atoms with van der Waals surface area (Å²) in [5.41, 5.74) is 0.686. The molecule has 0 spiro atoms. The van der Waals surface area contributed by atoms with Crippen LogP contribution >= 0.6 is 11.3 Å². The van der Waals surface area contributed by atoms with E-state index in [-0.39, 0.29) is 18.6 Å². The SMILES string of the molecule is CN(CC1CCCCO1)C(=O)c1sccc1C#CCO. The van der Waals surface area contributed by atoms with E-state index in [1.807, 2.05) is 11.4 Å². The highest BCUT2D eigenvalue weighted by molar-refractivity contribution is 7.12. The van der Waals surface area contributed by atoms with Gasteiger partial charge in [0, 0.05) is 25.8 Å². The van der Waals surface area contributed by atoms with Crippen LogP contribution in [0.2, 0.25) is 0 Å². The van der Waals surface area contributed by atoms with Crippen LogP contribution in [0.25, 0.3) is 0 Å². The van der Waals surface area contributed by atoms with E-state index in [2.05, 4.69) is 11.8 Å². The van der Waals surface area contributed by atoms with Gasteiger partial charge >= 0.3 is 0 Å². The number of hydrogen-bond donors (Lipinski definition) is 1. The number of likely N-dealkylation sites (N-methyl/N-ethyl adjacent to an activating group) is 1. The number of aliphatic hydroxyl groups excluding tert-OH is 1. The molecule has 0 saturated carbocycles. The molecule has 1 unspecified atom stereocenters. The van der Waals surface area contributed by atoms with Gasteiger partial charge in [0.15, 0.2) is 0 Å². The Kier molecular flexibility index (Phi) is 5.60. The predicted octanol–water partition coefficient (Wildman–Crippen LogP) is 1.73. The van der Waals surface area contributed by atoms with Crippen LogP contribution in [0.15, 0.2) is 11.4 Å². The number of aliphatic hydroxyl groups is 1. The first-order valence-corrected chi connectivity index (χ1v) is 7.64. The molecule has 108 valence electrons. The normalized spacial score (nSPS) is 18.2. The maximum atomic E-state index is 12.4. The number of amides is 1. The van der Waals surface area contributed by atoms with Gasteiger partial charge in [-0.05, 0) is 30.7 Å². The summed E-state index contributed by atoms with van der Waals surface area (Å²) >= 11 is 1.38. The quantitative estimate of drug-likeness (QED) is 0.864. The van der Waals surface area contributed by atoms with Crippen LogP contribution in [-0.4, -0.2) is 48.8 Å². The third-order valence-electron chi connectivity index (χ3n) is 3.26. The van der Waals surface area contributed by atoms with E-state index in [9.17, 15) is 4.79 Å². The van der Waals surface area contributed by atoms with Crippen molar-refractivity contribution in [1.82, 2.24) is 4.90 Å². The van der Waals surface area contributed by atoms with Crippen molar-refractivity contribution in [3.63, 3.8) is 0 Å². The van der Waals surface area contributed by atoms with Crippen molar-refractivity contribution in [3.8, 4) is 11.8 Å². The molecule has 1 atom stereocenters. The Bertz CT molecular complexity index is 509. The van der Waals surface area contributed by atoms with E-state index in [4.69, 9.17) is 9.84 Å². The van der Waals surface area contributed by atoms with Gasteiger partial charge in [-0.15, -0.1) is 11.3 Å². The van der Waals surface area contributed by atoms with Gasteiger partial charge in [-0.2, -0.15) is 0 Å². The first kappa shape index (κ1) is 15.0. The minimum atomic E-state index is -0.199. The molecular weight excluding hydrogens is 274 g/mol. The van der Waals surface area contributed by atoms with Crippen LogP contribution in [0.1, 0.15) is 34.5 Å². The van der Waals surface area contributed by atoms with Gasteiger partial charge in [0.05, 0.1) is 6.10 Å². The van der Waals surface area contributed by atoms with Crippen molar-refractivity contribution in [2.24, 2.45) is 0 Å². The second-order valence-electron chi connectivity index (χ2n) is 4.80. The van der Waals surface area contributed by atoms with E-state index < -0.39 is 0 Å². The molecule has 1 aromatic rings. The zero-order chi connectivity index (χ0) is 14.4. The number of rotatable bonds is 3. The average molecular weight is 293 g/mol. The van der Waals surface area contributed by atoms with Gasteiger partial charge in [0.2, 0.25) is 0 Å². The monoisotopic (exact) mass is 293 g/mol. The lowest BCUT2D eigenvalue weighted by atomic mass is 10.1. The molecule has 1 aromatic heterocycles. The van der Waals surface area contributed by atoms with E-state index in [1.54, 1.807) is 11.9 Å². The highest BCUT2D eigenvalue weighted by Gasteiger charge is 2.21. The fraction of sp³-hybridized carbons (Fsp3) is 0.533. The lowest BCUT2D eigenvalue weighted by Gasteiger charge is -2.27. The molecule has 2 rings (SSSR count). The number of nitrogens with zero attached hydrogens (tertiary/aromatic N) is 1. The number of thiophene rings is 1. The third-order valence-corrected chi connectivity index (χ3v) is 4.16. The first-order chi connectivity index (χ1) is 9.72. The first-order valence-electron chi connectivity index (χ1n) is 6.76. The van der Waals surface area contributed by atoms with Gasteiger partial charge in [-0.1, -0.05) is 11.8 Å². The van der Waals surface area contributed by atoms with Crippen molar-refractivity contribution in [2.75, 3.05) is 26.8 Å². The molecule has 1 saturated heterocycles. The molecule has 20 heavy (non-hydrogen) atoms. The molecule has 0 aromatic carbocycles. The molecule has 0 bridgehead atoms. The molecule has 0 aliphatic carbocycles. The van der Waals surface area contributed by atoms with Crippen LogP contribution in [0.4, 0.5) is 0 Å². The smallest absolute Gasteiger partial charge is 0.265 e. The minimum Gasteiger partial charge on any atom is -0.384 e. The van der Waals surface area contributed by atoms with Crippen LogP contribution in [-0.2, 0) is 4.74 Å². The lowest BCUT2D eigenvalue weighted by molar-refractivity contribution is -0.000105. The fourth-order valence-electron chi connectivity index (χ4n) is 2.22. The predicted molar refractivity (Wildman–Crippen MR) is 78.8 cm³/mol. The fourth-order valence-corrected chi connectivity index (χ4v) is 3.06. The summed E-state index contributed by atoms with van der Waals surface area (Å²) in [6.45, 7) is 1.21.